The van der Waals surface area contributed by atoms with Gasteiger partial charge in [-0.2, -0.15) is 4.98 Å². The van der Waals surface area contributed by atoms with Crippen LogP contribution in [0.3, 0.4) is 0 Å². The zero-order valence-electron chi connectivity index (χ0n) is 15.5. The molecule has 156 valence electrons. The van der Waals surface area contributed by atoms with Crippen molar-refractivity contribution in [2.75, 3.05) is 20.3 Å². The number of aliphatic hydroxyl groups is 2. The van der Waals surface area contributed by atoms with Crippen molar-refractivity contribution in [1.82, 2.24) is 24.5 Å². The van der Waals surface area contributed by atoms with Crippen molar-refractivity contribution in [3.63, 3.8) is 0 Å². The number of hydrogen-bond acceptors (Lipinski definition) is 9. The molecule has 0 aliphatic rings. The first-order chi connectivity index (χ1) is 14.5. The Morgan fingerprint density at radius 1 is 1.20 bits per heavy atom. The van der Waals surface area contributed by atoms with Gasteiger partial charge in [0, 0.05) is 17.8 Å². The zero-order valence-corrected chi connectivity index (χ0v) is 17.0. The molecule has 4 aromatic rings. The third-order valence-electron chi connectivity index (χ3n) is 4.08. The number of hydrogen-bond donors (Lipinski definition) is 2. The maximum absolute atomic E-state index is 9.40. The summed E-state index contributed by atoms with van der Waals surface area (Å²) in [6, 6.07) is 3.00. The van der Waals surface area contributed by atoms with E-state index in [0.29, 0.717) is 22.8 Å². The van der Waals surface area contributed by atoms with Gasteiger partial charge in [-0.1, -0.05) is 28.4 Å². The van der Waals surface area contributed by atoms with Gasteiger partial charge in [0.05, 0.1) is 36.2 Å². The summed E-state index contributed by atoms with van der Waals surface area (Å²) in [6.07, 6.45) is 3.91. The summed E-state index contributed by atoms with van der Waals surface area (Å²) < 4.78 is 17.5. The Balaban J connectivity index is 1.61. The molecule has 2 N–H and O–H groups in total. The molecule has 30 heavy (non-hydrogen) atoms. The summed E-state index contributed by atoms with van der Waals surface area (Å²) in [5, 5.41) is 22.7. The quantitative estimate of drug-likeness (QED) is 0.435. The highest BCUT2D eigenvalue weighted by Gasteiger charge is 2.18. The third-order valence-corrected chi connectivity index (χ3v) is 4.68. The first-order valence-corrected chi connectivity index (χ1v) is 9.38. The lowest BCUT2D eigenvalue weighted by Gasteiger charge is -2.12. The van der Waals surface area contributed by atoms with Crippen molar-refractivity contribution in [2.45, 2.75) is 6.10 Å². The number of aliphatic hydroxyl groups excluding tert-OH is 2. The van der Waals surface area contributed by atoms with Crippen LogP contribution in [0.4, 0.5) is 0 Å². The monoisotopic (exact) mass is 451 g/mol. The zero-order chi connectivity index (χ0) is 21.3. The Kier molecular flexibility index (Phi) is 5.73. The second-order valence-corrected chi connectivity index (χ2v) is 6.97. The summed E-state index contributed by atoms with van der Waals surface area (Å²) in [7, 11) is 1.52. The van der Waals surface area contributed by atoms with Gasteiger partial charge >= 0.3 is 0 Å². The Morgan fingerprint density at radius 3 is 2.80 bits per heavy atom. The molecular formula is C18H15Cl2N5O5. The van der Waals surface area contributed by atoms with E-state index in [2.05, 4.69) is 20.1 Å². The van der Waals surface area contributed by atoms with Crippen LogP contribution in [-0.2, 0) is 0 Å². The summed E-state index contributed by atoms with van der Waals surface area (Å²) in [5.74, 6) is 1.09. The molecule has 1 aromatic carbocycles. The van der Waals surface area contributed by atoms with Crippen LogP contribution >= 0.6 is 23.2 Å². The van der Waals surface area contributed by atoms with Gasteiger partial charge in [0.15, 0.2) is 5.65 Å². The van der Waals surface area contributed by atoms with E-state index in [1.54, 1.807) is 23.0 Å². The maximum atomic E-state index is 9.40. The number of aromatic nitrogens is 5. The van der Waals surface area contributed by atoms with Gasteiger partial charge in [0.2, 0.25) is 11.7 Å². The van der Waals surface area contributed by atoms with Crippen molar-refractivity contribution in [2.24, 2.45) is 0 Å². The number of rotatable bonds is 7. The second-order valence-electron chi connectivity index (χ2n) is 6.15. The van der Waals surface area contributed by atoms with E-state index < -0.39 is 12.7 Å². The number of halogens is 2. The minimum absolute atomic E-state index is 0.133. The molecule has 1 atom stereocenters. The highest BCUT2D eigenvalue weighted by molar-refractivity contribution is 6.36. The van der Waals surface area contributed by atoms with Gasteiger partial charge in [-0.05, 0) is 6.07 Å². The standard InChI is InChI=1S/C18H15Cl2N5O5/c1-28-16-6-25-5-13(22-15(25)4-21-16)18-23-17(24-30-18)10-2-12(20)14(3-11(10)19)29-8-9(27)7-26/h2-6,9,26-27H,7-8H2,1H3. The van der Waals surface area contributed by atoms with Gasteiger partial charge in [0.25, 0.3) is 5.89 Å². The normalized spacial score (nSPS) is 12.3. The molecule has 0 aliphatic carbocycles. The lowest BCUT2D eigenvalue weighted by Crippen LogP contribution is -2.21. The summed E-state index contributed by atoms with van der Waals surface area (Å²) in [6.45, 7) is -0.563. The lowest BCUT2D eigenvalue weighted by atomic mass is 10.2. The summed E-state index contributed by atoms with van der Waals surface area (Å²) in [5.41, 5.74) is 1.46. The number of fused-ring (bicyclic) bond motifs is 1. The Bertz CT molecular complexity index is 1200. The minimum atomic E-state index is -1.03. The van der Waals surface area contributed by atoms with Crippen LogP contribution < -0.4 is 9.47 Å². The van der Waals surface area contributed by atoms with E-state index in [4.69, 9.17) is 42.3 Å². The van der Waals surface area contributed by atoms with E-state index >= 15 is 0 Å². The molecule has 0 amide bonds. The van der Waals surface area contributed by atoms with Crippen molar-refractivity contribution in [1.29, 1.82) is 0 Å². The Hall–Kier alpha value is -2.92. The molecule has 0 spiro atoms. The molecular weight excluding hydrogens is 437 g/mol. The average Bonchev–Trinajstić information content (AvgIpc) is 3.40. The first kappa shape index (κ1) is 20.4. The van der Waals surface area contributed by atoms with Crippen LogP contribution in [0, 0.1) is 0 Å². The molecule has 0 bridgehead atoms. The summed E-state index contributed by atoms with van der Waals surface area (Å²) >= 11 is 12.6. The smallest absolute Gasteiger partial charge is 0.278 e. The molecule has 10 nitrogen and oxygen atoms in total. The summed E-state index contributed by atoms with van der Waals surface area (Å²) in [4.78, 5) is 12.8. The van der Waals surface area contributed by atoms with Crippen LogP contribution in [0.5, 0.6) is 11.6 Å². The molecule has 0 saturated carbocycles. The largest absolute Gasteiger partial charge is 0.489 e. The van der Waals surface area contributed by atoms with Crippen LogP contribution in [0.2, 0.25) is 10.0 Å². The topological polar surface area (TPSA) is 128 Å². The van der Waals surface area contributed by atoms with E-state index in [1.165, 1.54) is 19.2 Å². The minimum Gasteiger partial charge on any atom is -0.489 e. The molecule has 3 heterocycles. The number of imidazole rings is 1. The van der Waals surface area contributed by atoms with Crippen LogP contribution in [-0.4, -0.2) is 61.1 Å². The van der Waals surface area contributed by atoms with E-state index in [1.807, 2.05) is 0 Å². The lowest BCUT2D eigenvalue weighted by molar-refractivity contribution is 0.0536. The molecule has 0 fully saturated rings. The predicted octanol–water partition coefficient (Wildman–Crippen LogP) is 2.49. The fourth-order valence-electron chi connectivity index (χ4n) is 2.58. The third kappa shape index (κ3) is 4.03. The van der Waals surface area contributed by atoms with E-state index in [9.17, 15) is 5.11 Å². The number of methoxy groups -OCH3 is 1. The fourth-order valence-corrected chi connectivity index (χ4v) is 3.03. The average molecular weight is 452 g/mol. The van der Waals surface area contributed by atoms with Crippen molar-refractivity contribution >= 4 is 28.8 Å². The Morgan fingerprint density at radius 2 is 2.03 bits per heavy atom. The highest BCUT2D eigenvalue weighted by atomic mass is 35.5. The van der Waals surface area contributed by atoms with Crippen molar-refractivity contribution in [3.05, 3.63) is 40.8 Å². The molecule has 12 heteroatoms. The van der Waals surface area contributed by atoms with Gasteiger partial charge in [-0.15, -0.1) is 0 Å². The Labute approximate surface area is 179 Å². The number of ether oxygens (including phenoxy) is 2. The van der Waals surface area contributed by atoms with Crippen LogP contribution in [0.15, 0.2) is 35.2 Å². The number of benzene rings is 1. The highest BCUT2D eigenvalue weighted by Crippen LogP contribution is 2.36. The second kappa shape index (κ2) is 8.44. The maximum Gasteiger partial charge on any atom is 0.278 e. The molecule has 1 unspecified atom stereocenters. The first-order valence-electron chi connectivity index (χ1n) is 8.62. The molecule has 0 aliphatic heterocycles. The molecule has 0 saturated heterocycles. The van der Waals surface area contributed by atoms with Gasteiger partial charge in [0.1, 0.15) is 24.2 Å². The fraction of sp³-hybridized carbons (Fsp3) is 0.222. The van der Waals surface area contributed by atoms with E-state index in [-0.39, 0.29) is 34.1 Å². The van der Waals surface area contributed by atoms with Gasteiger partial charge < -0.3 is 24.2 Å². The molecule has 0 radical (unpaired) electrons. The molecule has 4 rings (SSSR count). The van der Waals surface area contributed by atoms with Crippen LogP contribution in [0.25, 0.3) is 28.6 Å². The van der Waals surface area contributed by atoms with Crippen molar-refractivity contribution < 1.29 is 24.2 Å². The van der Waals surface area contributed by atoms with Crippen molar-refractivity contribution in [3.8, 4) is 34.6 Å². The SMILES string of the molecule is COc1cn2cc(-c3nc(-c4cc(Cl)c(OCC(O)CO)cc4Cl)no3)nc2cn1. The van der Waals surface area contributed by atoms with Gasteiger partial charge in [-0.3, -0.25) is 4.40 Å². The molecule has 3 aromatic heterocycles. The van der Waals surface area contributed by atoms with E-state index in [0.717, 1.165) is 0 Å². The van der Waals surface area contributed by atoms with Crippen LogP contribution in [0.1, 0.15) is 0 Å². The number of nitrogens with zero attached hydrogens (tertiary/aromatic N) is 5. The van der Waals surface area contributed by atoms with Gasteiger partial charge in [-0.25, -0.2) is 9.97 Å². The predicted molar refractivity (Wildman–Crippen MR) is 107 cm³/mol.